The minimum atomic E-state index is -1.98. The predicted octanol–water partition coefficient (Wildman–Crippen LogP) is 0.429. The van der Waals surface area contributed by atoms with Crippen molar-refractivity contribution in [3.05, 3.63) is 11.6 Å². The molecule has 0 aromatic heterocycles. The summed E-state index contributed by atoms with van der Waals surface area (Å²) in [5.74, 6) is -3.17. The lowest BCUT2D eigenvalue weighted by Crippen LogP contribution is -2.69. The fourth-order valence-electron chi connectivity index (χ4n) is 15.6. The van der Waals surface area contributed by atoms with Gasteiger partial charge < -0.3 is 89.0 Å². The Morgan fingerprint density at radius 1 is 0.681 bits per heavy atom. The number of aliphatic hydroxyl groups excluding tert-OH is 9. The van der Waals surface area contributed by atoms with Crippen LogP contribution < -0.4 is 0 Å². The number of rotatable bonds is 11. The zero-order valence-corrected chi connectivity index (χ0v) is 42.9. The summed E-state index contributed by atoms with van der Waals surface area (Å²) in [6, 6.07) is 0. The van der Waals surface area contributed by atoms with Crippen molar-refractivity contribution in [1.82, 2.24) is 0 Å². The number of allylic oxidation sites excluding steroid dienone is 2. The molecule has 10 N–H and O–H groups in total. The molecule has 3 aliphatic heterocycles. The monoisotopic (exact) mass is 1030 g/mol. The molecule has 26 atom stereocenters. The first-order valence-electron chi connectivity index (χ1n) is 25.7. The Labute approximate surface area is 420 Å². The highest BCUT2D eigenvalue weighted by Crippen LogP contribution is 2.76. The molecule has 3 saturated heterocycles. The smallest absolute Gasteiger partial charge is 0.335 e. The maximum Gasteiger partial charge on any atom is 0.335 e. The molecule has 410 valence electrons. The fraction of sp³-hybridized carbons (Fsp3) is 0.902. The number of carbonyl (C=O) groups is 3. The lowest BCUT2D eigenvalue weighted by molar-refractivity contribution is -0.367. The Morgan fingerprint density at radius 3 is 1.96 bits per heavy atom. The number of esters is 2. The maximum atomic E-state index is 12.7. The standard InChI is InChI=1S/C51H80O21/c1-22-36(67-23(2)54)35(61)39(68-24(3)55)44(66-22)72-41-40(62)47(5)16-17-50(8)25(26(47)18-46(41,4)20-52)10-11-29-48(6)14-13-30(49(7,21-53)28(48)12-15-51(29,50)9)69-45-38(33(59)32(58)37(70-45)42(63)64)71-43-34(60)31(57)27(56)19-65-43/h10,22,26-41,43-45,52-53,56-62H,11-21H2,1-9H3,(H,63,64)/t22-,26-,27+,28+,29+,30-,31-,32-,33-,34+,35+,36-,37-,38+,39+,40+,41-,43-,44-,45+,46+,47+,48-,49-,50+,51+/m0/s1. The van der Waals surface area contributed by atoms with Gasteiger partial charge in [-0.25, -0.2) is 4.79 Å². The van der Waals surface area contributed by atoms with E-state index in [1.165, 1.54) is 19.4 Å². The van der Waals surface area contributed by atoms with Gasteiger partial charge in [-0.15, -0.1) is 0 Å². The van der Waals surface area contributed by atoms with Crippen molar-refractivity contribution >= 4 is 17.9 Å². The van der Waals surface area contributed by atoms with E-state index in [9.17, 15) is 65.4 Å². The summed E-state index contributed by atoms with van der Waals surface area (Å²) in [5, 5.41) is 110. The van der Waals surface area contributed by atoms with Crippen LogP contribution in [0.3, 0.4) is 0 Å². The van der Waals surface area contributed by atoms with Gasteiger partial charge in [0.25, 0.3) is 0 Å². The summed E-state index contributed by atoms with van der Waals surface area (Å²) < 4.78 is 47.4. The lowest BCUT2D eigenvalue weighted by atomic mass is 9.33. The highest BCUT2D eigenvalue weighted by Gasteiger charge is 2.71. The van der Waals surface area contributed by atoms with Gasteiger partial charge in [0.15, 0.2) is 37.2 Å². The van der Waals surface area contributed by atoms with Gasteiger partial charge in [-0.05, 0) is 92.3 Å². The van der Waals surface area contributed by atoms with E-state index in [1.807, 2.05) is 13.8 Å². The second-order valence-electron chi connectivity index (χ2n) is 24.1. The Hall–Kier alpha value is -2.45. The molecule has 0 aromatic carbocycles. The average Bonchev–Trinajstić information content (AvgIpc) is 3.31. The number of carboxylic acid groups (broad SMARTS) is 1. The summed E-state index contributed by atoms with van der Waals surface area (Å²) in [7, 11) is 0. The van der Waals surface area contributed by atoms with E-state index in [-0.39, 0.29) is 47.2 Å². The van der Waals surface area contributed by atoms with Crippen LogP contribution in [0.25, 0.3) is 0 Å². The van der Waals surface area contributed by atoms with Crippen LogP contribution in [-0.2, 0) is 52.3 Å². The first kappa shape index (κ1) is 55.8. The van der Waals surface area contributed by atoms with Crippen LogP contribution in [0.2, 0.25) is 0 Å². The summed E-state index contributed by atoms with van der Waals surface area (Å²) in [5.41, 5.74) is -2.53. The molecule has 21 heteroatoms. The molecule has 5 aliphatic carbocycles. The molecular formula is C51H80O21. The second kappa shape index (κ2) is 19.8. The first-order chi connectivity index (χ1) is 33.6. The maximum absolute atomic E-state index is 12.7. The van der Waals surface area contributed by atoms with Gasteiger partial charge in [0.1, 0.15) is 42.7 Å². The number of hydrogen-bond donors (Lipinski definition) is 10. The number of aliphatic hydroxyl groups is 9. The predicted molar refractivity (Wildman–Crippen MR) is 246 cm³/mol. The fourth-order valence-corrected chi connectivity index (χ4v) is 15.6. The number of carboxylic acids is 1. The molecule has 4 saturated carbocycles. The normalized spacial score (nSPS) is 53.4. The van der Waals surface area contributed by atoms with Crippen LogP contribution in [0.15, 0.2) is 11.6 Å². The lowest BCUT2D eigenvalue weighted by Gasteiger charge is -2.72. The summed E-state index contributed by atoms with van der Waals surface area (Å²) in [6.07, 6.45) is -17.7. The van der Waals surface area contributed by atoms with Gasteiger partial charge in [0.2, 0.25) is 0 Å². The van der Waals surface area contributed by atoms with Crippen LogP contribution in [-0.4, -0.2) is 193 Å². The van der Waals surface area contributed by atoms with Gasteiger partial charge in [-0.3, -0.25) is 9.59 Å². The molecule has 7 fully saturated rings. The highest BCUT2D eigenvalue weighted by atomic mass is 16.8. The van der Waals surface area contributed by atoms with Gasteiger partial charge in [0.05, 0.1) is 44.2 Å². The number of fused-ring (bicyclic) bond motifs is 7. The SMILES string of the molecule is CC(=O)O[C@@H]1[C@@H](O)[C@@H](OC(C)=O)[C@H](O[C@H]2[C@@H](O)[C@]3(C)CC[C@]4(C)C(=CC[C@@H]5[C@@]6(C)CC[C@H](O[C@@H]7O[C@H](C(=O)O)[C@@H](O)[C@H](O)[C@H]7O[C@@H]7OC[C@@H](O)[C@H](O)[C@H]7O)[C@@](C)(CO)[C@@H]6CC[C@]54C)[C@@H]3C[C@]2(C)CO)O[C@H]1C. The third-order valence-electron chi connectivity index (χ3n) is 20.1. The van der Waals surface area contributed by atoms with Crippen LogP contribution >= 0.6 is 0 Å². The van der Waals surface area contributed by atoms with E-state index in [4.69, 9.17) is 37.9 Å². The Morgan fingerprint density at radius 2 is 1.33 bits per heavy atom. The third kappa shape index (κ3) is 8.78. The van der Waals surface area contributed by atoms with Crippen LogP contribution in [0.1, 0.15) is 114 Å². The van der Waals surface area contributed by atoms with Gasteiger partial charge in [-0.2, -0.15) is 0 Å². The van der Waals surface area contributed by atoms with Gasteiger partial charge >= 0.3 is 17.9 Å². The molecule has 0 radical (unpaired) electrons. The van der Waals surface area contributed by atoms with Crippen LogP contribution in [0.5, 0.6) is 0 Å². The van der Waals surface area contributed by atoms with Crippen molar-refractivity contribution in [3.8, 4) is 0 Å². The molecule has 8 rings (SSSR count). The van der Waals surface area contributed by atoms with Crippen molar-refractivity contribution in [2.75, 3.05) is 19.8 Å². The van der Waals surface area contributed by atoms with E-state index in [2.05, 4.69) is 33.8 Å². The molecule has 21 nitrogen and oxygen atoms in total. The number of ether oxygens (including phenoxy) is 8. The first-order valence-corrected chi connectivity index (χ1v) is 25.7. The average molecular weight is 1030 g/mol. The van der Waals surface area contributed by atoms with Crippen molar-refractivity contribution in [2.45, 2.75) is 218 Å². The number of aliphatic carboxylic acids is 1. The minimum Gasteiger partial charge on any atom is -0.479 e. The van der Waals surface area contributed by atoms with E-state index in [0.717, 1.165) is 6.42 Å². The van der Waals surface area contributed by atoms with Crippen LogP contribution in [0, 0.1) is 50.2 Å². The van der Waals surface area contributed by atoms with E-state index in [1.54, 1.807) is 6.92 Å². The van der Waals surface area contributed by atoms with E-state index in [0.29, 0.717) is 44.9 Å². The number of carbonyl (C=O) groups excluding carboxylic acids is 2. The van der Waals surface area contributed by atoms with Gasteiger partial charge in [-0.1, -0.05) is 53.2 Å². The minimum absolute atomic E-state index is 0.107. The Bertz CT molecular complexity index is 2060. The Balaban J connectivity index is 1.05. The molecule has 8 aliphatic rings. The quantitative estimate of drug-likeness (QED) is 0.0762. The molecular weight excluding hydrogens is 949 g/mol. The molecule has 0 spiro atoms. The molecule has 0 aromatic rings. The molecule has 0 unspecified atom stereocenters. The molecule has 72 heavy (non-hydrogen) atoms. The van der Waals surface area contributed by atoms with Crippen LogP contribution in [0.4, 0.5) is 0 Å². The van der Waals surface area contributed by atoms with E-state index >= 15 is 0 Å². The molecule has 0 amide bonds. The van der Waals surface area contributed by atoms with Gasteiger partial charge in [0, 0.05) is 30.1 Å². The zero-order chi connectivity index (χ0) is 53.0. The molecule has 3 heterocycles. The van der Waals surface area contributed by atoms with Crippen molar-refractivity contribution < 1.29 is 103 Å². The summed E-state index contributed by atoms with van der Waals surface area (Å²) in [6.45, 7) is 15.7. The van der Waals surface area contributed by atoms with E-state index < -0.39 is 145 Å². The topological polar surface area (TPSA) is 327 Å². The zero-order valence-electron chi connectivity index (χ0n) is 42.9. The van der Waals surface area contributed by atoms with Crippen molar-refractivity contribution in [3.63, 3.8) is 0 Å². The number of hydrogen-bond acceptors (Lipinski definition) is 20. The highest BCUT2D eigenvalue weighted by molar-refractivity contribution is 5.73. The summed E-state index contributed by atoms with van der Waals surface area (Å²) >= 11 is 0. The third-order valence-corrected chi connectivity index (χ3v) is 20.1. The largest absolute Gasteiger partial charge is 0.479 e. The Kier molecular flexibility index (Phi) is 15.4. The second-order valence-corrected chi connectivity index (χ2v) is 24.1. The van der Waals surface area contributed by atoms with Crippen molar-refractivity contribution in [2.24, 2.45) is 50.2 Å². The summed E-state index contributed by atoms with van der Waals surface area (Å²) in [4.78, 5) is 36.6. The molecule has 0 bridgehead atoms. The van der Waals surface area contributed by atoms with Crippen molar-refractivity contribution in [1.29, 1.82) is 0 Å².